The summed E-state index contributed by atoms with van der Waals surface area (Å²) in [6, 6.07) is 17.2. The summed E-state index contributed by atoms with van der Waals surface area (Å²) in [4.78, 5) is 25.6. The van der Waals surface area contributed by atoms with E-state index < -0.39 is 0 Å². The zero-order valence-electron chi connectivity index (χ0n) is 17.3. The fraction of sp³-hybridized carbons (Fsp3) is 0.130. The van der Waals surface area contributed by atoms with Crippen LogP contribution in [0.15, 0.2) is 65.6 Å². The van der Waals surface area contributed by atoms with Crippen LogP contribution in [-0.2, 0) is 4.79 Å². The van der Waals surface area contributed by atoms with Gasteiger partial charge in [-0.1, -0.05) is 29.3 Å². The molecule has 0 spiro atoms. The number of methoxy groups -OCH3 is 2. The predicted molar refractivity (Wildman–Crippen MR) is 130 cm³/mol. The molecule has 0 unspecified atom stereocenters. The van der Waals surface area contributed by atoms with E-state index in [9.17, 15) is 9.59 Å². The summed E-state index contributed by atoms with van der Waals surface area (Å²) in [5, 5.41) is 6.26. The van der Waals surface area contributed by atoms with Crippen LogP contribution in [0.3, 0.4) is 0 Å². The summed E-state index contributed by atoms with van der Waals surface area (Å²) in [5.41, 5.74) is 1.54. The van der Waals surface area contributed by atoms with Gasteiger partial charge in [0, 0.05) is 16.1 Å². The van der Waals surface area contributed by atoms with E-state index in [0.717, 1.165) is 4.90 Å². The largest absolute Gasteiger partial charge is 0.493 e. The molecule has 0 fully saturated rings. The summed E-state index contributed by atoms with van der Waals surface area (Å²) in [6.45, 7) is 0. The first-order chi connectivity index (χ1) is 15.4. The normalized spacial score (nSPS) is 10.4. The van der Waals surface area contributed by atoms with Crippen LogP contribution >= 0.6 is 35.0 Å². The molecule has 166 valence electrons. The minimum atomic E-state index is -0.274. The Morgan fingerprint density at radius 3 is 2.31 bits per heavy atom. The van der Waals surface area contributed by atoms with Crippen LogP contribution in [0.4, 0.5) is 11.4 Å². The lowest BCUT2D eigenvalue weighted by Crippen LogP contribution is -2.14. The minimum absolute atomic E-state index is 0.195. The number of amides is 2. The third kappa shape index (κ3) is 6.09. The molecule has 0 saturated heterocycles. The van der Waals surface area contributed by atoms with Gasteiger partial charge in [0.25, 0.3) is 5.91 Å². The van der Waals surface area contributed by atoms with Crippen molar-refractivity contribution >= 4 is 58.2 Å². The SMILES string of the molecule is COc1ccc(C(=O)Nc2ccc(SCC(=O)Nc3cccc(Cl)c3Cl)cc2)cc1OC. The van der Waals surface area contributed by atoms with Gasteiger partial charge in [0.1, 0.15) is 0 Å². The third-order valence-electron chi connectivity index (χ3n) is 4.35. The maximum atomic E-state index is 12.5. The maximum absolute atomic E-state index is 12.5. The first kappa shape index (κ1) is 23.8. The fourth-order valence-corrected chi connectivity index (χ4v) is 3.80. The Morgan fingerprint density at radius 1 is 0.906 bits per heavy atom. The molecule has 3 rings (SSSR count). The Balaban J connectivity index is 1.55. The van der Waals surface area contributed by atoms with E-state index in [1.807, 2.05) is 12.1 Å². The summed E-state index contributed by atoms with van der Waals surface area (Å²) in [6.07, 6.45) is 0. The summed E-state index contributed by atoms with van der Waals surface area (Å²) in [7, 11) is 3.05. The van der Waals surface area contributed by atoms with E-state index >= 15 is 0 Å². The van der Waals surface area contributed by atoms with Gasteiger partial charge in [0.05, 0.1) is 35.7 Å². The van der Waals surface area contributed by atoms with Gasteiger partial charge in [-0.3, -0.25) is 9.59 Å². The van der Waals surface area contributed by atoms with Gasteiger partial charge in [-0.05, 0) is 54.6 Å². The van der Waals surface area contributed by atoms with Crippen molar-refractivity contribution in [1.82, 2.24) is 0 Å². The second kappa shape index (κ2) is 11.1. The smallest absolute Gasteiger partial charge is 0.255 e. The van der Waals surface area contributed by atoms with E-state index in [2.05, 4.69) is 10.6 Å². The highest BCUT2D eigenvalue weighted by Gasteiger charge is 2.12. The molecular weight excluding hydrogens is 471 g/mol. The molecular formula is C23H20Cl2N2O4S. The number of benzene rings is 3. The molecule has 9 heteroatoms. The second-order valence-electron chi connectivity index (χ2n) is 6.49. The van der Waals surface area contributed by atoms with Gasteiger partial charge in [0.2, 0.25) is 5.91 Å². The highest BCUT2D eigenvalue weighted by atomic mass is 35.5. The molecule has 0 heterocycles. The van der Waals surface area contributed by atoms with Gasteiger partial charge in [-0.15, -0.1) is 11.8 Å². The van der Waals surface area contributed by atoms with Crippen molar-refractivity contribution in [3.63, 3.8) is 0 Å². The highest BCUT2D eigenvalue weighted by Crippen LogP contribution is 2.30. The van der Waals surface area contributed by atoms with Crippen molar-refractivity contribution in [3.05, 3.63) is 76.3 Å². The monoisotopic (exact) mass is 490 g/mol. The van der Waals surface area contributed by atoms with Crippen LogP contribution < -0.4 is 20.1 Å². The number of anilines is 2. The van der Waals surface area contributed by atoms with Crippen LogP contribution in [0, 0.1) is 0 Å². The Labute approximate surface area is 200 Å². The van der Waals surface area contributed by atoms with E-state index in [1.165, 1.54) is 26.0 Å². The Morgan fingerprint density at radius 2 is 1.62 bits per heavy atom. The van der Waals surface area contributed by atoms with Crippen molar-refractivity contribution in [2.45, 2.75) is 4.90 Å². The molecule has 0 aromatic heterocycles. The van der Waals surface area contributed by atoms with E-state index in [0.29, 0.717) is 38.5 Å². The summed E-state index contributed by atoms with van der Waals surface area (Å²) < 4.78 is 10.4. The predicted octanol–water partition coefficient (Wildman–Crippen LogP) is 5.99. The number of hydrogen-bond acceptors (Lipinski definition) is 5. The van der Waals surface area contributed by atoms with Gasteiger partial charge < -0.3 is 20.1 Å². The fourth-order valence-electron chi connectivity index (χ4n) is 2.75. The van der Waals surface area contributed by atoms with Gasteiger partial charge in [0.15, 0.2) is 11.5 Å². The number of carbonyl (C=O) groups excluding carboxylic acids is 2. The van der Waals surface area contributed by atoms with Gasteiger partial charge in [-0.2, -0.15) is 0 Å². The average molecular weight is 491 g/mol. The number of rotatable bonds is 8. The Kier molecular flexibility index (Phi) is 8.27. The topological polar surface area (TPSA) is 76.7 Å². The molecule has 32 heavy (non-hydrogen) atoms. The van der Waals surface area contributed by atoms with E-state index in [-0.39, 0.29) is 17.6 Å². The summed E-state index contributed by atoms with van der Waals surface area (Å²) >= 11 is 13.4. The van der Waals surface area contributed by atoms with Crippen molar-refractivity contribution in [2.24, 2.45) is 0 Å². The van der Waals surface area contributed by atoms with Crippen molar-refractivity contribution in [3.8, 4) is 11.5 Å². The van der Waals surface area contributed by atoms with Crippen LogP contribution in [0.5, 0.6) is 11.5 Å². The zero-order chi connectivity index (χ0) is 23.1. The molecule has 3 aromatic carbocycles. The molecule has 0 aliphatic heterocycles. The molecule has 0 atom stereocenters. The molecule has 3 aromatic rings. The van der Waals surface area contributed by atoms with E-state index in [4.69, 9.17) is 32.7 Å². The first-order valence-corrected chi connectivity index (χ1v) is 11.2. The highest BCUT2D eigenvalue weighted by molar-refractivity contribution is 8.00. The number of halogens is 2. The third-order valence-corrected chi connectivity index (χ3v) is 6.18. The van der Waals surface area contributed by atoms with Crippen molar-refractivity contribution in [1.29, 1.82) is 0 Å². The molecule has 2 amide bonds. The number of carbonyl (C=O) groups is 2. The van der Waals surface area contributed by atoms with Crippen LogP contribution in [-0.4, -0.2) is 31.8 Å². The maximum Gasteiger partial charge on any atom is 0.255 e. The van der Waals surface area contributed by atoms with Gasteiger partial charge in [-0.25, -0.2) is 0 Å². The molecule has 6 nitrogen and oxygen atoms in total. The molecule has 0 aliphatic rings. The van der Waals surface area contributed by atoms with Gasteiger partial charge >= 0.3 is 0 Å². The average Bonchev–Trinajstić information content (AvgIpc) is 2.81. The van der Waals surface area contributed by atoms with E-state index in [1.54, 1.807) is 48.5 Å². The van der Waals surface area contributed by atoms with Crippen LogP contribution in [0.25, 0.3) is 0 Å². The standard InChI is InChI=1S/C23H20Cl2N2O4S/c1-30-19-11-6-14(12-20(19)31-2)23(29)26-15-7-9-16(10-8-15)32-13-21(28)27-18-5-3-4-17(24)22(18)25/h3-12H,13H2,1-2H3,(H,26,29)(H,27,28). The van der Waals surface area contributed by atoms with Crippen molar-refractivity contribution < 1.29 is 19.1 Å². The second-order valence-corrected chi connectivity index (χ2v) is 8.32. The molecule has 0 aliphatic carbocycles. The number of ether oxygens (including phenoxy) is 2. The Hall–Kier alpha value is -2.87. The lowest BCUT2D eigenvalue weighted by molar-refractivity contribution is -0.113. The zero-order valence-corrected chi connectivity index (χ0v) is 19.6. The Bertz CT molecular complexity index is 1120. The molecule has 2 N–H and O–H groups in total. The minimum Gasteiger partial charge on any atom is -0.493 e. The lowest BCUT2D eigenvalue weighted by Gasteiger charge is -2.10. The molecule has 0 radical (unpaired) electrons. The quantitative estimate of drug-likeness (QED) is 0.379. The lowest BCUT2D eigenvalue weighted by atomic mass is 10.2. The van der Waals surface area contributed by atoms with Crippen molar-refractivity contribution in [2.75, 3.05) is 30.6 Å². The molecule has 0 saturated carbocycles. The number of nitrogens with one attached hydrogen (secondary N) is 2. The summed E-state index contributed by atoms with van der Waals surface area (Å²) in [5.74, 6) is 0.741. The first-order valence-electron chi connectivity index (χ1n) is 9.41. The van der Waals surface area contributed by atoms with Crippen LogP contribution in [0.1, 0.15) is 10.4 Å². The molecule has 0 bridgehead atoms. The number of thioether (sulfide) groups is 1. The van der Waals surface area contributed by atoms with Crippen LogP contribution in [0.2, 0.25) is 10.0 Å². The number of hydrogen-bond donors (Lipinski definition) is 2.